The number of fused-ring (bicyclic) bond motifs is 1. The van der Waals surface area contributed by atoms with Crippen LogP contribution in [0.25, 0.3) is 10.9 Å². The van der Waals surface area contributed by atoms with Crippen molar-refractivity contribution in [3.05, 3.63) is 58.6 Å². The van der Waals surface area contributed by atoms with E-state index in [1.165, 1.54) is 12.4 Å². The molecular formula is C26H28ClF3N6O2. The molecule has 12 heteroatoms. The summed E-state index contributed by atoms with van der Waals surface area (Å²) in [6.07, 6.45) is 1.04. The van der Waals surface area contributed by atoms with Gasteiger partial charge in [0.25, 0.3) is 5.91 Å². The molecule has 2 aliphatic rings. The average Bonchev–Trinajstić information content (AvgIpc) is 3.35. The van der Waals surface area contributed by atoms with E-state index in [-0.39, 0.29) is 29.3 Å². The second-order valence-corrected chi connectivity index (χ2v) is 10.1. The summed E-state index contributed by atoms with van der Waals surface area (Å²) in [4.78, 5) is 29.3. The molecule has 0 aliphatic carbocycles. The van der Waals surface area contributed by atoms with Crippen molar-refractivity contribution in [2.75, 3.05) is 37.6 Å². The second kappa shape index (κ2) is 11.0. The summed E-state index contributed by atoms with van der Waals surface area (Å²) in [6.45, 7) is 2.87. The number of piperidine rings is 1. The fourth-order valence-corrected chi connectivity index (χ4v) is 5.40. The second-order valence-electron chi connectivity index (χ2n) is 9.71. The number of β-amino-alcohol motifs (C(OH)–C–C–N with tert-alkyl or cyclic N) is 1. The van der Waals surface area contributed by atoms with Gasteiger partial charge in [0.1, 0.15) is 5.82 Å². The summed E-state index contributed by atoms with van der Waals surface area (Å²) < 4.78 is 39.0. The summed E-state index contributed by atoms with van der Waals surface area (Å²) in [6, 6.07) is 6.60. The van der Waals surface area contributed by atoms with Gasteiger partial charge < -0.3 is 15.3 Å². The Hall–Kier alpha value is -3.02. The highest BCUT2D eigenvalue weighted by molar-refractivity contribution is 6.35. The number of aliphatic hydroxyl groups is 1. The number of alkyl halides is 3. The molecule has 2 atom stereocenters. The Morgan fingerprint density at radius 2 is 1.84 bits per heavy atom. The number of amides is 1. The van der Waals surface area contributed by atoms with Crippen LogP contribution in [0.2, 0.25) is 5.02 Å². The van der Waals surface area contributed by atoms with Crippen LogP contribution in [0.15, 0.2) is 36.7 Å². The van der Waals surface area contributed by atoms with E-state index < -0.39 is 17.9 Å². The molecule has 4 heterocycles. The highest BCUT2D eigenvalue weighted by Crippen LogP contribution is 2.30. The van der Waals surface area contributed by atoms with E-state index in [1.807, 2.05) is 11.0 Å². The number of likely N-dealkylation sites (tertiary alicyclic amines) is 1. The molecule has 0 spiro atoms. The number of rotatable bonds is 6. The van der Waals surface area contributed by atoms with Crippen molar-refractivity contribution < 1.29 is 23.1 Å². The monoisotopic (exact) mass is 548 g/mol. The molecule has 2 aromatic heterocycles. The number of anilines is 1. The number of benzene rings is 1. The Labute approximate surface area is 222 Å². The van der Waals surface area contributed by atoms with Crippen molar-refractivity contribution >= 4 is 34.2 Å². The number of nitrogens with one attached hydrogen (secondary N) is 1. The Bertz CT molecular complexity index is 1300. The molecule has 1 unspecified atom stereocenters. The van der Waals surface area contributed by atoms with Gasteiger partial charge in [0.15, 0.2) is 0 Å². The number of carbonyl (C=O) groups excluding carboxylic acids is 1. The van der Waals surface area contributed by atoms with E-state index in [0.717, 1.165) is 38.2 Å². The number of nitrogens with zero attached hydrogens (tertiary/aromatic N) is 5. The smallest absolute Gasteiger partial charge is 0.391 e. The Kier molecular flexibility index (Phi) is 7.69. The van der Waals surface area contributed by atoms with Gasteiger partial charge in [0.05, 0.1) is 28.2 Å². The minimum Gasteiger partial charge on any atom is -0.391 e. The Morgan fingerprint density at radius 3 is 2.50 bits per heavy atom. The molecule has 202 valence electrons. The minimum atomic E-state index is -4.62. The summed E-state index contributed by atoms with van der Waals surface area (Å²) in [7, 11) is 0. The largest absolute Gasteiger partial charge is 0.451 e. The van der Waals surface area contributed by atoms with Crippen LogP contribution in [-0.4, -0.2) is 69.7 Å². The van der Waals surface area contributed by atoms with Gasteiger partial charge in [-0.1, -0.05) is 18.0 Å². The van der Waals surface area contributed by atoms with Gasteiger partial charge in [0, 0.05) is 43.0 Å². The molecular weight excluding hydrogens is 521 g/mol. The molecule has 2 aliphatic heterocycles. The van der Waals surface area contributed by atoms with Gasteiger partial charge in [-0.2, -0.15) is 13.2 Å². The fourth-order valence-electron chi connectivity index (χ4n) is 5.15. The van der Waals surface area contributed by atoms with Crippen LogP contribution in [0.5, 0.6) is 0 Å². The van der Waals surface area contributed by atoms with Crippen molar-refractivity contribution in [1.29, 1.82) is 0 Å². The third-order valence-corrected chi connectivity index (χ3v) is 7.43. The van der Waals surface area contributed by atoms with Crippen LogP contribution in [0.1, 0.15) is 53.5 Å². The van der Waals surface area contributed by atoms with Gasteiger partial charge in [-0.05, 0) is 56.6 Å². The minimum absolute atomic E-state index is 0.150. The lowest BCUT2D eigenvalue weighted by Crippen LogP contribution is -2.41. The van der Waals surface area contributed by atoms with Crippen molar-refractivity contribution in [1.82, 2.24) is 25.2 Å². The highest BCUT2D eigenvalue weighted by atomic mass is 35.5. The Morgan fingerprint density at radius 1 is 1.11 bits per heavy atom. The zero-order valence-electron chi connectivity index (χ0n) is 20.6. The van der Waals surface area contributed by atoms with Crippen molar-refractivity contribution in [2.45, 2.75) is 44.0 Å². The number of aliphatic hydroxyl groups excluding tert-OH is 1. The third-order valence-electron chi connectivity index (χ3n) is 7.12. The van der Waals surface area contributed by atoms with Crippen LogP contribution in [0.4, 0.5) is 19.0 Å². The average molecular weight is 549 g/mol. The number of pyridine rings is 1. The molecule has 0 saturated carbocycles. The maximum Gasteiger partial charge on any atom is 0.451 e. The first-order valence-corrected chi connectivity index (χ1v) is 13.0. The molecule has 3 aromatic rings. The van der Waals surface area contributed by atoms with E-state index in [2.05, 4.69) is 25.2 Å². The first-order chi connectivity index (χ1) is 18.2. The number of aromatic nitrogens is 3. The zero-order valence-corrected chi connectivity index (χ0v) is 21.3. The molecule has 1 amide bonds. The van der Waals surface area contributed by atoms with Crippen LogP contribution in [-0.2, 0) is 6.18 Å². The number of hydrogen-bond donors (Lipinski definition) is 2. The number of hydrogen-bond acceptors (Lipinski definition) is 7. The normalized spacial score (nSPS) is 19.6. The maximum atomic E-state index is 13.4. The molecule has 0 bridgehead atoms. The van der Waals surface area contributed by atoms with Gasteiger partial charge in [-0.25, -0.2) is 15.0 Å². The maximum absolute atomic E-state index is 13.4. The van der Waals surface area contributed by atoms with Crippen molar-refractivity contribution in [3.63, 3.8) is 0 Å². The van der Waals surface area contributed by atoms with Gasteiger partial charge in [-0.3, -0.25) is 9.69 Å². The third kappa shape index (κ3) is 5.69. The summed E-state index contributed by atoms with van der Waals surface area (Å²) in [5.41, 5.74) is 1.39. The SMILES string of the molecule is O=C(NCC(c1cnc(C(F)(F)F)nc1)N1CCCCC1)c1c(Cl)ccc2nc(N3CC[C@@H](O)C3)ccc12. The van der Waals surface area contributed by atoms with Gasteiger partial charge >= 0.3 is 6.18 Å². The molecule has 0 radical (unpaired) electrons. The van der Waals surface area contributed by atoms with Crippen LogP contribution < -0.4 is 10.2 Å². The zero-order chi connectivity index (χ0) is 26.9. The van der Waals surface area contributed by atoms with E-state index in [9.17, 15) is 23.1 Å². The lowest BCUT2D eigenvalue weighted by molar-refractivity contribution is -0.145. The van der Waals surface area contributed by atoms with E-state index in [1.54, 1.807) is 18.2 Å². The molecule has 2 saturated heterocycles. The number of carbonyl (C=O) groups is 1. The lowest BCUT2D eigenvalue weighted by Gasteiger charge is -2.34. The van der Waals surface area contributed by atoms with E-state index >= 15 is 0 Å². The van der Waals surface area contributed by atoms with Crippen LogP contribution in [0.3, 0.4) is 0 Å². The summed E-state index contributed by atoms with van der Waals surface area (Å²) in [5, 5.41) is 13.7. The van der Waals surface area contributed by atoms with Crippen molar-refractivity contribution in [3.8, 4) is 0 Å². The number of halogens is 4. The van der Waals surface area contributed by atoms with E-state index in [0.29, 0.717) is 36.0 Å². The standard InChI is InChI=1S/C26H28ClF3N6O2/c27-19-5-6-20-18(4-7-22(34-20)36-11-8-17(37)15-36)23(19)24(38)31-14-21(35-9-2-1-3-10-35)16-12-32-25(33-13-16)26(28,29)30/h4-7,12-13,17,21,37H,1-3,8-11,14-15H2,(H,31,38)/t17-,21?/m1/s1. The fraction of sp³-hybridized carbons (Fsp3) is 0.462. The lowest BCUT2D eigenvalue weighted by atomic mass is 10.0. The first-order valence-electron chi connectivity index (χ1n) is 12.6. The van der Waals surface area contributed by atoms with Gasteiger partial charge in [-0.15, -0.1) is 0 Å². The molecule has 2 fully saturated rings. The Balaban J connectivity index is 1.38. The quantitative estimate of drug-likeness (QED) is 0.476. The topological polar surface area (TPSA) is 94.5 Å². The molecule has 8 nitrogen and oxygen atoms in total. The summed E-state index contributed by atoms with van der Waals surface area (Å²) in [5.74, 6) is -0.877. The predicted molar refractivity (Wildman–Crippen MR) is 137 cm³/mol. The van der Waals surface area contributed by atoms with Crippen LogP contribution >= 0.6 is 11.6 Å². The highest BCUT2D eigenvalue weighted by Gasteiger charge is 2.35. The predicted octanol–water partition coefficient (Wildman–Crippen LogP) is 4.23. The van der Waals surface area contributed by atoms with Crippen LogP contribution in [0, 0.1) is 0 Å². The first kappa shape index (κ1) is 26.6. The van der Waals surface area contributed by atoms with Gasteiger partial charge in [0.2, 0.25) is 5.82 Å². The molecule has 5 rings (SSSR count). The van der Waals surface area contributed by atoms with Crippen molar-refractivity contribution in [2.24, 2.45) is 0 Å². The molecule has 38 heavy (non-hydrogen) atoms. The van der Waals surface area contributed by atoms with E-state index in [4.69, 9.17) is 11.6 Å². The molecule has 1 aromatic carbocycles. The summed E-state index contributed by atoms with van der Waals surface area (Å²) >= 11 is 6.46. The molecule has 2 N–H and O–H groups in total.